The Morgan fingerprint density at radius 2 is 1.94 bits per heavy atom. The maximum Gasteiger partial charge on any atom is 0.153 e. The molecular formula is C14H10NOS. The lowest BCUT2D eigenvalue weighted by molar-refractivity contribution is 0.415. The quantitative estimate of drug-likeness (QED) is 0.680. The van der Waals surface area contributed by atoms with Crippen LogP contribution in [-0.2, 0) is 0 Å². The normalized spacial score (nSPS) is 10.6. The molecule has 3 aromatic rings. The smallest absolute Gasteiger partial charge is 0.153 e. The van der Waals surface area contributed by atoms with Gasteiger partial charge in [0.15, 0.2) is 5.51 Å². The third kappa shape index (κ3) is 1.78. The Bertz CT molecular complexity index is 643. The Morgan fingerprint density at radius 3 is 2.71 bits per heavy atom. The summed E-state index contributed by atoms with van der Waals surface area (Å²) in [5.41, 5.74) is 6.24. The second kappa shape index (κ2) is 4.18. The number of nitrogens with zero attached hydrogens (tertiary/aromatic N) is 1. The maximum absolute atomic E-state index is 5.16. The summed E-state index contributed by atoms with van der Waals surface area (Å²) in [7, 11) is 1.67. The van der Waals surface area contributed by atoms with E-state index < -0.39 is 0 Å². The third-order valence-corrected chi connectivity index (χ3v) is 3.44. The minimum atomic E-state index is 0.866. The highest BCUT2D eigenvalue weighted by Crippen LogP contribution is 2.30. The summed E-state index contributed by atoms with van der Waals surface area (Å²) in [4.78, 5) is 4.30. The minimum absolute atomic E-state index is 0.866. The van der Waals surface area contributed by atoms with Crippen LogP contribution in [0.1, 0.15) is 0 Å². The van der Waals surface area contributed by atoms with Crippen LogP contribution in [0.5, 0.6) is 5.75 Å². The summed E-state index contributed by atoms with van der Waals surface area (Å²) in [5.74, 6) is 0.866. The molecule has 0 saturated carbocycles. The fourth-order valence-electron chi connectivity index (χ4n) is 1.84. The Labute approximate surface area is 104 Å². The fraction of sp³-hybridized carbons (Fsp3) is 0.0714. The van der Waals surface area contributed by atoms with Crippen LogP contribution in [0.25, 0.3) is 21.3 Å². The largest absolute Gasteiger partial charge is 0.497 e. The molecule has 3 heteroatoms. The number of rotatable bonds is 2. The summed E-state index contributed by atoms with van der Waals surface area (Å²) in [6.45, 7) is 0. The van der Waals surface area contributed by atoms with Crippen molar-refractivity contribution in [2.24, 2.45) is 0 Å². The maximum atomic E-state index is 5.16. The lowest BCUT2D eigenvalue weighted by Crippen LogP contribution is -1.83. The molecule has 0 amide bonds. The molecule has 0 aliphatic heterocycles. The van der Waals surface area contributed by atoms with Crippen molar-refractivity contribution in [1.29, 1.82) is 0 Å². The predicted molar refractivity (Wildman–Crippen MR) is 70.4 cm³/mol. The Balaban J connectivity index is 2.16. The van der Waals surface area contributed by atoms with Crippen molar-refractivity contribution in [2.45, 2.75) is 0 Å². The molecule has 1 aromatic heterocycles. The van der Waals surface area contributed by atoms with Crippen LogP contribution in [0.2, 0.25) is 0 Å². The van der Waals surface area contributed by atoms with E-state index in [0.717, 1.165) is 22.4 Å². The number of ether oxygens (including phenoxy) is 1. The van der Waals surface area contributed by atoms with Gasteiger partial charge in [-0.05, 0) is 23.8 Å². The van der Waals surface area contributed by atoms with Crippen molar-refractivity contribution < 1.29 is 4.74 Å². The van der Waals surface area contributed by atoms with Gasteiger partial charge in [-0.25, -0.2) is 4.98 Å². The molecule has 2 nitrogen and oxygen atoms in total. The van der Waals surface area contributed by atoms with Crippen molar-refractivity contribution >= 4 is 21.6 Å². The zero-order valence-electron chi connectivity index (χ0n) is 9.31. The van der Waals surface area contributed by atoms with E-state index in [2.05, 4.69) is 22.6 Å². The number of fused-ring (bicyclic) bond motifs is 1. The average molecular weight is 240 g/mol. The number of aromatic nitrogens is 1. The van der Waals surface area contributed by atoms with Crippen molar-refractivity contribution in [3.8, 4) is 16.9 Å². The lowest BCUT2D eigenvalue weighted by atomic mass is 10.0. The molecule has 0 aliphatic rings. The first-order chi connectivity index (χ1) is 8.38. The molecule has 0 bridgehead atoms. The first kappa shape index (κ1) is 10.3. The summed E-state index contributed by atoms with van der Waals surface area (Å²) < 4.78 is 6.32. The third-order valence-electron chi connectivity index (χ3n) is 2.71. The molecule has 0 saturated heterocycles. The number of thiazole rings is 1. The van der Waals surface area contributed by atoms with Gasteiger partial charge in [-0.15, -0.1) is 11.3 Å². The summed E-state index contributed by atoms with van der Waals surface area (Å²) >= 11 is 1.54. The van der Waals surface area contributed by atoms with Gasteiger partial charge in [0.2, 0.25) is 0 Å². The van der Waals surface area contributed by atoms with Crippen LogP contribution in [0.3, 0.4) is 0 Å². The van der Waals surface area contributed by atoms with Crippen LogP contribution in [0.15, 0.2) is 42.5 Å². The standard InChI is InChI=1S/C14H10NOS/c1-16-11-7-5-10(6-8-11)12-3-2-4-13-14(12)15-9-17-13/h2-8H,1H3. The van der Waals surface area contributed by atoms with Gasteiger partial charge >= 0.3 is 0 Å². The van der Waals surface area contributed by atoms with Crippen molar-refractivity contribution in [1.82, 2.24) is 4.98 Å². The monoisotopic (exact) mass is 240 g/mol. The molecule has 17 heavy (non-hydrogen) atoms. The average Bonchev–Trinajstić information content (AvgIpc) is 2.87. The van der Waals surface area contributed by atoms with E-state index in [1.807, 2.05) is 30.3 Å². The number of para-hydroxylation sites is 1. The highest BCUT2D eigenvalue weighted by atomic mass is 32.1. The Morgan fingerprint density at radius 1 is 1.12 bits per heavy atom. The second-order valence-corrected chi connectivity index (χ2v) is 4.51. The van der Waals surface area contributed by atoms with E-state index in [1.54, 1.807) is 18.4 Å². The Kier molecular flexibility index (Phi) is 2.53. The molecule has 83 valence electrons. The van der Waals surface area contributed by atoms with Crippen LogP contribution >= 0.6 is 11.3 Å². The van der Waals surface area contributed by atoms with E-state index in [4.69, 9.17) is 4.74 Å². The number of methoxy groups -OCH3 is 1. The van der Waals surface area contributed by atoms with Crippen molar-refractivity contribution in [3.05, 3.63) is 48.0 Å². The highest BCUT2D eigenvalue weighted by molar-refractivity contribution is 7.16. The second-order valence-electron chi connectivity index (χ2n) is 3.69. The van der Waals surface area contributed by atoms with Gasteiger partial charge in [0.25, 0.3) is 0 Å². The molecule has 3 rings (SSSR count). The zero-order valence-corrected chi connectivity index (χ0v) is 10.1. The van der Waals surface area contributed by atoms with Crippen LogP contribution in [0, 0.1) is 5.51 Å². The van der Waals surface area contributed by atoms with E-state index >= 15 is 0 Å². The van der Waals surface area contributed by atoms with Crippen LogP contribution in [-0.4, -0.2) is 12.1 Å². The molecule has 0 N–H and O–H groups in total. The van der Waals surface area contributed by atoms with Gasteiger partial charge < -0.3 is 4.74 Å². The highest BCUT2D eigenvalue weighted by Gasteiger charge is 2.05. The van der Waals surface area contributed by atoms with Crippen LogP contribution < -0.4 is 4.74 Å². The van der Waals surface area contributed by atoms with Crippen molar-refractivity contribution in [2.75, 3.05) is 7.11 Å². The molecular weight excluding hydrogens is 230 g/mol. The number of hydrogen-bond acceptors (Lipinski definition) is 3. The molecule has 1 heterocycles. The van der Waals surface area contributed by atoms with Gasteiger partial charge in [-0.2, -0.15) is 0 Å². The van der Waals surface area contributed by atoms with Gasteiger partial charge in [0.05, 0.1) is 17.3 Å². The molecule has 1 radical (unpaired) electrons. The lowest BCUT2D eigenvalue weighted by Gasteiger charge is -2.04. The fourth-order valence-corrected chi connectivity index (χ4v) is 2.48. The predicted octanol–water partition coefficient (Wildman–Crippen LogP) is 3.77. The number of hydrogen-bond donors (Lipinski definition) is 0. The summed E-state index contributed by atoms with van der Waals surface area (Å²) in [5, 5.41) is 0. The zero-order chi connectivity index (χ0) is 11.7. The first-order valence-electron chi connectivity index (χ1n) is 5.28. The molecule has 2 aromatic carbocycles. The van der Waals surface area contributed by atoms with Gasteiger partial charge in [-0.1, -0.05) is 24.3 Å². The van der Waals surface area contributed by atoms with E-state index in [9.17, 15) is 0 Å². The SMILES string of the molecule is COc1ccc(-c2cccc3s[c]nc23)cc1. The molecule has 0 atom stereocenters. The minimum Gasteiger partial charge on any atom is -0.497 e. The molecule has 0 spiro atoms. The Hall–Kier alpha value is -1.87. The molecule has 0 fully saturated rings. The van der Waals surface area contributed by atoms with Gasteiger partial charge in [0.1, 0.15) is 5.75 Å². The summed E-state index contributed by atoms with van der Waals surface area (Å²) in [6, 6.07) is 14.2. The molecule has 0 aliphatic carbocycles. The molecule has 0 unspecified atom stereocenters. The van der Waals surface area contributed by atoms with E-state index in [-0.39, 0.29) is 0 Å². The summed E-state index contributed by atoms with van der Waals surface area (Å²) in [6.07, 6.45) is 0. The van der Waals surface area contributed by atoms with Gasteiger partial charge in [-0.3, -0.25) is 0 Å². The van der Waals surface area contributed by atoms with Crippen LogP contribution in [0.4, 0.5) is 0 Å². The topological polar surface area (TPSA) is 22.1 Å². The van der Waals surface area contributed by atoms with Crippen molar-refractivity contribution in [3.63, 3.8) is 0 Å². The number of benzene rings is 2. The van der Waals surface area contributed by atoms with E-state index in [1.165, 1.54) is 4.70 Å². The van der Waals surface area contributed by atoms with Gasteiger partial charge in [0, 0.05) is 5.56 Å². The van der Waals surface area contributed by atoms with E-state index in [0.29, 0.717) is 0 Å². The first-order valence-corrected chi connectivity index (χ1v) is 6.10.